The van der Waals surface area contributed by atoms with E-state index >= 15 is 0 Å². The third-order valence-electron chi connectivity index (χ3n) is 2.35. The van der Waals surface area contributed by atoms with Gasteiger partial charge in [0.2, 0.25) is 0 Å². The Morgan fingerprint density at radius 2 is 2.31 bits per heavy atom. The minimum atomic E-state index is -0.450. The Labute approximate surface area is 91.4 Å². The molecular formula is C10H11N3O3. The highest BCUT2D eigenvalue weighted by Crippen LogP contribution is 2.29. The maximum absolute atomic E-state index is 10.7. The lowest BCUT2D eigenvalue weighted by Gasteiger charge is -1.99. The molecule has 2 rings (SSSR count). The van der Waals surface area contributed by atoms with Crippen molar-refractivity contribution >= 4 is 16.7 Å². The molecule has 0 bridgehead atoms. The summed E-state index contributed by atoms with van der Waals surface area (Å²) >= 11 is 0. The number of aromatic nitrogens is 2. The van der Waals surface area contributed by atoms with Crippen LogP contribution in [0.5, 0.6) is 5.75 Å². The van der Waals surface area contributed by atoms with Crippen LogP contribution in [0.15, 0.2) is 12.1 Å². The number of fused-ring (bicyclic) bond motifs is 1. The number of hydrogen-bond donors (Lipinski definition) is 1. The van der Waals surface area contributed by atoms with Gasteiger partial charge in [-0.3, -0.25) is 10.1 Å². The smallest absolute Gasteiger partial charge is 0.275 e. The molecule has 6 nitrogen and oxygen atoms in total. The van der Waals surface area contributed by atoms with Gasteiger partial charge in [-0.2, -0.15) is 0 Å². The van der Waals surface area contributed by atoms with Crippen molar-refractivity contribution in [1.29, 1.82) is 0 Å². The molecule has 0 unspecified atom stereocenters. The van der Waals surface area contributed by atoms with E-state index in [-0.39, 0.29) is 5.69 Å². The minimum absolute atomic E-state index is 0.00402. The van der Waals surface area contributed by atoms with E-state index in [1.165, 1.54) is 19.2 Å². The summed E-state index contributed by atoms with van der Waals surface area (Å²) in [6.45, 7) is 1.96. The topological polar surface area (TPSA) is 81.1 Å². The van der Waals surface area contributed by atoms with Gasteiger partial charge in [0.25, 0.3) is 5.69 Å². The van der Waals surface area contributed by atoms with Crippen molar-refractivity contribution in [1.82, 2.24) is 9.97 Å². The summed E-state index contributed by atoms with van der Waals surface area (Å²) in [5, 5.41) is 10.7. The normalized spacial score (nSPS) is 10.6. The highest BCUT2D eigenvalue weighted by molar-refractivity contribution is 5.84. The first kappa shape index (κ1) is 10.4. The number of nitro groups is 1. The fraction of sp³-hybridized carbons (Fsp3) is 0.300. The molecule has 0 saturated carbocycles. The molecule has 0 fully saturated rings. The maximum Gasteiger partial charge on any atom is 0.275 e. The van der Waals surface area contributed by atoms with Gasteiger partial charge in [0.05, 0.1) is 23.6 Å². The van der Waals surface area contributed by atoms with Crippen LogP contribution < -0.4 is 4.74 Å². The zero-order valence-electron chi connectivity index (χ0n) is 8.98. The van der Waals surface area contributed by atoms with Crippen LogP contribution in [0.25, 0.3) is 11.0 Å². The predicted octanol–water partition coefficient (Wildman–Crippen LogP) is 2.04. The van der Waals surface area contributed by atoms with Gasteiger partial charge in [0, 0.05) is 12.5 Å². The summed E-state index contributed by atoms with van der Waals surface area (Å²) in [4.78, 5) is 17.6. The number of aryl methyl sites for hydroxylation is 1. The molecular weight excluding hydrogens is 210 g/mol. The van der Waals surface area contributed by atoms with Crippen LogP contribution in [0.4, 0.5) is 5.69 Å². The summed E-state index contributed by atoms with van der Waals surface area (Å²) in [6, 6.07) is 2.84. The SMILES string of the molecule is CCc1nc2c(OC)cc([N+](=O)[O-])cc2[nH]1. The molecule has 1 aromatic heterocycles. The Kier molecular flexibility index (Phi) is 2.47. The number of methoxy groups -OCH3 is 1. The summed E-state index contributed by atoms with van der Waals surface area (Å²) < 4.78 is 5.09. The second-order valence-electron chi connectivity index (χ2n) is 3.34. The van der Waals surface area contributed by atoms with Crippen LogP contribution in [0.2, 0.25) is 0 Å². The zero-order chi connectivity index (χ0) is 11.7. The van der Waals surface area contributed by atoms with Crippen LogP contribution in [0.1, 0.15) is 12.7 Å². The van der Waals surface area contributed by atoms with Crippen molar-refractivity contribution in [3.8, 4) is 5.75 Å². The van der Waals surface area contributed by atoms with Gasteiger partial charge in [-0.15, -0.1) is 0 Å². The largest absolute Gasteiger partial charge is 0.494 e. The number of nitrogens with zero attached hydrogens (tertiary/aromatic N) is 2. The Hall–Kier alpha value is -2.11. The van der Waals surface area contributed by atoms with E-state index in [0.717, 1.165) is 12.2 Å². The number of nitro benzene ring substituents is 1. The highest BCUT2D eigenvalue weighted by atomic mass is 16.6. The van der Waals surface area contributed by atoms with Gasteiger partial charge in [0.15, 0.2) is 5.75 Å². The average Bonchev–Trinajstić information content (AvgIpc) is 2.70. The number of rotatable bonds is 3. The van der Waals surface area contributed by atoms with Crippen LogP contribution in [0, 0.1) is 10.1 Å². The number of H-pyrrole nitrogens is 1. The Bertz CT molecular complexity index is 547. The van der Waals surface area contributed by atoms with Gasteiger partial charge in [-0.25, -0.2) is 4.98 Å². The van der Waals surface area contributed by atoms with Crippen molar-refractivity contribution in [2.75, 3.05) is 7.11 Å². The molecule has 0 aliphatic rings. The van der Waals surface area contributed by atoms with Crippen LogP contribution in [-0.4, -0.2) is 22.0 Å². The Balaban J connectivity index is 2.70. The molecule has 1 aromatic carbocycles. The van der Waals surface area contributed by atoms with Gasteiger partial charge in [0.1, 0.15) is 11.3 Å². The zero-order valence-corrected chi connectivity index (χ0v) is 8.98. The van der Waals surface area contributed by atoms with E-state index in [0.29, 0.717) is 16.8 Å². The lowest BCUT2D eigenvalue weighted by molar-refractivity contribution is -0.384. The van der Waals surface area contributed by atoms with E-state index < -0.39 is 4.92 Å². The number of benzene rings is 1. The molecule has 0 spiro atoms. The number of imidazole rings is 1. The third-order valence-corrected chi connectivity index (χ3v) is 2.35. The summed E-state index contributed by atoms with van der Waals surface area (Å²) in [5.41, 5.74) is 1.25. The summed E-state index contributed by atoms with van der Waals surface area (Å²) in [7, 11) is 1.47. The molecule has 1 N–H and O–H groups in total. The molecule has 1 heterocycles. The van der Waals surface area contributed by atoms with E-state index in [9.17, 15) is 10.1 Å². The highest BCUT2D eigenvalue weighted by Gasteiger charge is 2.15. The molecule has 0 saturated heterocycles. The lowest BCUT2D eigenvalue weighted by Crippen LogP contribution is -1.91. The van der Waals surface area contributed by atoms with E-state index in [2.05, 4.69) is 9.97 Å². The average molecular weight is 221 g/mol. The fourth-order valence-corrected chi connectivity index (χ4v) is 1.55. The molecule has 2 aromatic rings. The number of ether oxygens (including phenoxy) is 1. The van der Waals surface area contributed by atoms with E-state index in [1.807, 2.05) is 6.92 Å². The van der Waals surface area contributed by atoms with Crippen molar-refractivity contribution < 1.29 is 9.66 Å². The summed E-state index contributed by atoms with van der Waals surface area (Å²) in [5.74, 6) is 1.20. The first-order valence-electron chi connectivity index (χ1n) is 4.86. The molecule has 6 heteroatoms. The molecule has 84 valence electrons. The molecule has 16 heavy (non-hydrogen) atoms. The Morgan fingerprint density at radius 1 is 1.56 bits per heavy atom. The van der Waals surface area contributed by atoms with Crippen molar-refractivity contribution in [3.63, 3.8) is 0 Å². The van der Waals surface area contributed by atoms with Crippen LogP contribution >= 0.6 is 0 Å². The first-order valence-corrected chi connectivity index (χ1v) is 4.86. The minimum Gasteiger partial charge on any atom is -0.494 e. The molecule has 0 radical (unpaired) electrons. The van der Waals surface area contributed by atoms with Crippen molar-refractivity contribution in [2.24, 2.45) is 0 Å². The monoisotopic (exact) mass is 221 g/mol. The quantitative estimate of drug-likeness (QED) is 0.635. The Morgan fingerprint density at radius 3 is 2.88 bits per heavy atom. The second kappa shape index (κ2) is 3.80. The van der Waals surface area contributed by atoms with Gasteiger partial charge in [-0.05, 0) is 0 Å². The lowest BCUT2D eigenvalue weighted by atomic mass is 10.2. The summed E-state index contributed by atoms with van der Waals surface area (Å²) in [6.07, 6.45) is 0.742. The molecule has 0 aliphatic carbocycles. The maximum atomic E-state index is 10.7. The fourth-order valence-electron chi connectivity index (χ4n) is 1.55. The van der Waals surface area contributed by atoms with E-state index in [1.54, 1.807) is 0 Å². The van der Waals surface area contributed by atoms with Crippen molar-refractivity contribution in [3.05, 3.63) is 28.1 Å². The molecule has 0 aliphatic heterocycles. The van der Waals surface area contributed by atoms with E-state index in [4.69, 9.17) is 4.74 Å². The number of non-ortho nitro benzene ring substituents is 1. The number of nitrogens with one attached hydrogen (secondary N) is 1. The van der Waals surface area contributed by atoms with Crippen molar-refractivity contribution in [2.45, 2.75) is 13.3 Å². The number of aromatic amines is 1. The third kappa shape index (κ3) is 1.58. The van der Waals surface area contributed by atoms with Gasteiger partial charge >= 0.3 is 0 Å². The predicted molar refractivity (Wildman–Crippen MR) is 58.7 cm³/mol. The van der Waals surface area contributed by atoms with Gasteiger partial charge in [-0.1, -0.05) is 6.92 Å². The molecule has 0 amide bonds. The number of hydrogen-bond acceptors (Lipinski definition) is 4. The second-order valence-corrected chi connectivity index (χ2v) is 3.34. The van der Waals surface area contributed by atoms with Gasteiger partial charge < -0.3 is 9.72 Å². The standard InChI is InChI=1S/C10H11N3O3/c1-3-9-11-7-4-6(13(14)15)5-8(16-2)10(7)12-9/h4-5H,3H2,1-2H3,(H,11,12). The van der Waals surface area contributed by atoms with Crippen LogP contribution in [0.3, 0.4) is 0 Å². The van der Waals surface area contributed by atoms with Crippen LogP contribution in [-0.2, 0) is 6.42 Å². The first-order chi connectivity index (χ1) is 7.65. The molecule has 0 atom stereocenters.